The second-order valence-corrected chi connectivity index (χ2v) is 7.35. The average Bonchev–Trinajstić information content (AvgIpc) is 3.10. The van der Waals surface area contributed by atoms with Crippen LogP contribution in [0.3, 0.4) is 0 Å². The third kappa shape index (κ3) is 3.54. The molecule has 6 nitrogen and oxygen atoms in total. The van der Waals surface area contributed by atoms with Gasteiger partial charge in [0.2, 0.25) is 0 Å². The van der Waals surface area contributed by atoms with Gasteiger partial charge < -0.3 is 24.1 Å². The summed E-state index contributed by atoms with van der Waals surface area (Å²) < 4.78 is 21.9. The SMILES string of the molecule is COc1cc(OC)cc(C2C(=O)c3cc(OC)cc(OC)c3C2c2ccc(O)cc2)c1. The molecule has 0 amide bonds. The smallest absolute Gasteiger partial charge is 0.171 e. The van der Waals surface area contributed by atoms with Crippen LogP contribution in [0.25, 0.3) is 0 Å². The number of Topliss-reactive ketones (excluding diaryl/α,β-unsaturated/α-hetero) is 1. The molecule has 2 atom stereocenters. The summed E-state index contributed by atoms with van der Waals surface area (Å²) >= 11 is 0. The Bertz CT molecular complexity index is 1100. The Hall–Kier alpha value is -3.67. The van der Waals surface area contributed by atoms with Crippen LogP contribution in [0.4, 0.5) is 0 Å². The Balaban J connectivity index is 1.98. The summed E-state index contributed by atoms with van der Waals surface area (Å²) in [6.07, 6.45) is 0. The Labute approximate surface area is 181 Å². The second-order valence-electron chi connectivity index (χ2n) is 7.35. The molecule has 3 aromatic carbocycles. The molecule has 0 aliphatic heterocycles. The standard InChI is InChI=1S/C25H24O6/c1-28-17-9-15(10-18(11-17)29-2)23-22(14-5-7-16(26)8-6-14)24-20(25(23)27)12-19(30-3)13-21(24)31-4/h5-13,22-23,26H,1-4H3. The maximum atomic E-state index is 13.7. The van der Waals surface area contributed by atoms with E-state index >= 15 is 0 Å². The summed E-state index contributed by atoms with van der Waals surface area (Å²) in [7, 11) is 6.29. The van der Waals surface area contributed by atoms with E-state index in [9.17, 15) is 9.90 Å². The lowest BCUT2D eigenvalue weighted by atomic mass is 9.81. The zero-order chi connectivity index (χ0) is 22.1. The predicted molar refractivity (Wildman–Crippen MR) is 116 cm³/mol. The highest BCUT2D eigenvalue weighted by atomic mass is 16.5. The molecule has 2 unspecified atom stereocenters. The van der Waals surface area contributed by atoms with Gasteiger partial charge in [-0.25, -0.2) is 0 Å². The van der Waals surface area contributed by atoms with Crippen LogP contribution in [0.15, 0.2) is 54.6 Å². The third-order valence-electron chi connectivity index (χ3n) is 5.75. The van der Waals surface area contributed by atoms with Gasteiger partial charge in [-0.3, -0.25) is 4.79 Å². The average molecular weight is 420 g/mol. The first-order valence-electron chi connectivity index (χ1n) is 9.82. The van der Waals surface area contributed by atoms with Gasteiger partial charge in [0, 0.05) is 29.2 Å². The van der Waals surface area contributed by atoms with Crippen LogP contribution < -0.4 is 18.9 Å². The zero-order valence-corrected chi connectivity index (χ0v) is 17.8. The lowest BCUT2D eigenvalue weighted by molar-refractivity contribution is 0.0968. The van der Waals surface area contributed by atoms with Crippen molar-refractivity contribution in [3.8, 4) is 28.7 Å². The highest BCUT2D eigenvalue weighted by molar-refractivity contribution is 6.08. The van der Waals surface area contributed by atoms with Crippen molar-refractivity contribution in [2.24, 2.45) is 0 Å². The van der Waals surface area contributed by atoms with Crippen molar-refractivity contribution in [3.05, 3.63) is 76.9 Å². The zero-order valence-electron chi connectivity index (χ0n) is 17.8. The Morgan fingerprint density at radius 2 is 1.26 bits per heavy atom. The van der Waals surface area contributed by atoms with E-state index in [2.05, 4.69) is 0 Å². The predicted octanol–water partition coefficient (Wildman–Crippen LogP) is 4.54. The summed E-state index contributed by atoms with van der Waals surface area (Å²) in [6, 6.07) is 15.9. The van der Waals surface area contributed by atoms with Gasteiger partial charge in [-0.05, 0) is 41.5 Å². The molecule has 0 fully saturated rings. The number of fused-ring (bicyclic) bond motifs is 1. The van der Waals surface area contributed by atoms with Crippen LogP contribution in [0.1, 0.15) is 38.9 Å². The lowest BCUT2D eigenvalue weighted by Gasteiger charge is -2.22. The summed E-state index contributed by atoms with van der Waals surface area (Å²) in [4.78, 5) is 13.7. The topological polar surface area (TPSA) is 74.2 Å². The number of carbonyl (C=O) groups is 1. The number of hydrogen-bond donors (Lipinski definition) is 1. The van der Waals surface area contributed by atoms with Crippen LogP contribution in [0, 0.1) is 0 Å². The molecule has 3 aromatic rings. The maximum absolute atomic E-state index is 13.7. The Morgan fingerprint density at radius 1 is 0.677 bits per heavy atom. The fourth-order valence-electron chi connectivity index (χ4n) is 4.29. The van der Waals surface area contributed by atoms with Crippen molar-refractivity contribution < 1.29 is 28.8 Å². The van der Waals surface area contributed by atoms with E-state index in [1.165, 1.54) is 0 Å². The van der Waals surface area contributed by atoms with Gasteiger partial charge in [0.25, 0.3) is 0 Å². The molecule has 1 aliphatic rings. The summed E-state index contributed by atoms with van der Waals surface area (Å²) in [5.74, 6) is 1.62. The maximum Gasteiger partial charge on any atom is 0.171 e. The van der Waals surface area contributed by atoms with E-state index in [0.717, 1.165) is 16.7 Å². The van der Waals surface area contributed by atoms with E-state index in [1.807, 2.05) is 24.3 Å². The molecule has 6 heteroatoms. The van der Waals surface area contributed by atoms with Crippen LogP contribution >= 0.6 is 0 Å². The molecule has 0 bridgehead atoms. The van der Waals surface area contributed by atoms with E-state index in [4.69, 9.17) is 18.9 Å². The highest BCUT2D eigenvalue weighted by Crippen LogP contribution is 2.53. The third-order valence-corrected chi connectivity index (χ3v) is 5.75. The molecule has 1 N–H and O–H groups in total. The quantitative estimate of drug-likeness (QED) is 0.631. The number of phenolic OH excluding ortho intramolecular Hbond substituents is 1. The molecule has 0 aromatic heterocycles. The summed E-state index contributed by atoms with van der Waals surface area (Å²) in [6.45, 7) is 0. The molecule has 4 rings (SSSR count). The van der Waals surface area contributed by atoms with E-state index in [-0.39, 0.29) is 17.5 Å². The largest absolute Gasteiger partial charge is 0.508 e. The van der Waals surface area contributed by atoms with E-state index in [1.54, 1.807) is 58.8 Å². The first kappa shape index (κ1) is 20.6. The molecule has 0 heterocycles. The van der Waals surface area contributed by atoms with Crippen LogP contribution in [0.2, 0.25) is 0 Å². The fraction of sp³-hybridized carbons (Fsp3) is 0.240. The molecule has 0 radical (unpaired) electrons. The molecule has 0 saturated heterocycles. The molecule has 0 saturated carbocycles. The van der Waals surface area contributed by atoms with Crippen molar-refractivity contribution in [2.75, 3.05) is 28.4 Å². The van der Waals surface area contributed by atoms with E-state index < -0.39 is 5.92 Å². The van der Waals surface area contributed by atoms with Gasteiger partial charge in [0.1, 0.15) is 28.7 Å². The molecular weight excluding hydrogens is 396 g/mol. The number of benzene rings is 3. The fourth-order valence-corrected chi connectivity index (χ4v) is 4.29. The minimum absolute atomic E-state index is 0.0411. The number of ketones is 1. The summed E-state index contributed by atoms with van der Waals surface area (Å²) in [5, 5.41) is 9.79. The molecule has 160 valence electrons. The minimum Gasteiger partial charge on any atom is -0.508 e. The van der Waals surface area contributed by atoms with Gasteiger partial charge in [-0.2, -0.15) is 0 Å². The summed E-state index contributed by atoms with van der Waals surface area (Å²) in [5.41, 5.74) is 3.02. The molecule has 31 heavy (non-hydrogen) atoms. The van der Waals surface area contributed by atoms with Crippen molar-refractivity contribution in [2.45, 2.75) is 11.8 Å². The molecule has 1 aliphatic carbocycles. The van der Waals surface area contributed by atoms with Gasteiger partial charge in [0.05, 0.1) is 34.4 Å². The number of ether oxygens (including phenoxy) is 4. The Kier molecular flexibility index (Phi) is 5.46. The van der Waals surface area contributed by atoms with Gasteiger partial charge in [0.15, 0.2) is 5.78 Å². The van der Waals surface area contributed by atoms with E-state index in [0.29, 0.717) is 28.6 Å². The Morgan fingerprint density at radius 3 is 1.81 bits per heavy atom. The van der Waals surface area contributed by atoms with Gasteiger partial charge in [-0.1, -0.05) is 12.1 Å². The highest BCUT2D eigenvalue weighted by Gasteiger charge is 2.44. The van der Waals surface area contributed by atoms with Crippen LogP contribution in [0.5, 0.6) is 28.7 Å². The normalized spacial score (nSPS) is 17.2. The van der Waals surface area contributed by atoms with Crippen molar-refractivity contribution >= 4 is 5.78 Å². The number of hydrogen-bond acceptors (Lipinski definition) is 6. The minimum atomic E-state index is -0.524. The first-order valence-corrected chi connectivity index (χ1v) is 9.82. The number of rotatable bonds is 6. The first-order chi connectivity index (χ1) is 15.0. The van der Waals surface area contributed by atoms with Crippen molar-refractivity contribution in [1.82, 2.24) is 0 Å². The van der Waals surface area contributed by atoms with Crippen molar-refractivity contribution in [1.29, 1.82) is 0 Å². The molecular formula is C25H24O6. The van der Waals surface area contributed by atoms with Gasteiger partial charge >= 0.3 is 0 Å². The number of carbonyl (C=O) groups excluding carboxylic acids is 1. The number of methoxy groups -OCH3 is 4. The van der Waals surface area contributed by atoms with Crippen molar-refractivity contribution in [3.63, 3.8) is 0 Å². The van der Waals surface area contributed by atoms with Gasteiger partial charge in [-0.15, -0.1) is 0 Å². The van der Waals surface area contributed by atoms with Crippen LogP contribution in [-0.4, -0.2) is 39.3 Å². The van der Waals surface area contributed by atoms with Crippen LogP contribution in [-0.2, 0) is 0 Å². The molecule has 0 spiro atoms. The lowest BCUT2D eigenvalue weighted by Crippen LogP contribution is -2.13. The number of aromatic hydroxyl groups is 1. The number of phenols is 1. The second kappa shape index (κ2) is 8.22. The monoisotopic (exact) mass is 420 g/mol.